The Morgan fingerprint density at radius 3 is 2.72 bits per heavy atom. The van der Waals surface area contributed by atoms with Gasteiger partial charge in [-0.3, -0.25) is 4.98 Å². The minimum atomic E-state index is 0.713. The molecule has 0 bridgehead atoms. The first-order chi connectivity index (χ1) is 8.83. The highest BCUT2D eigenvalue weighted by atomic mass is 32.2. The predicted octanol–water partition coefficient (Wildman–Crippen LogP) is 2.82. The van der Waals surface area contributed by atoms with Gasteiger partial charge in [0.15, 0.2) is 0 Å². The van der Waals surface area contributed by atoms with Crippen molar-refractivity contribution in [3.8, 4) is 6.07 Å². The molecule has 2 aromatic rings. The molecule has 3 nitrogen and oxygen atoms in total. The summed E-state index contributed by atoms with van der Waals surface area (Å²) in [6, 6.07) is 12.1. The molecule has 0 saturated carbocycles. The molecule has 1 N–H and O–H groups in total. The molecule has 0 radical (unpaired) electrons. The highest BCUT2D eigenvalue weighted by Gasteiger charge is 2.05. The molecular weight excluding hydrogens is 242 g/mol. The van der Waals surface area contributed by atoms with Gasteiger partial charge in [0.1, 0.15) is 6.07 Å². The maximum absolute atomic E-state index is 9.19. The summed E-state index contributed by atoms with van der Waals surface area (Å²) in [5.41, 5.74) is 1.83. The molecule has 0 aliphatic heterocycles. The molecular formula is C14H13N3S. The molecule has 2 rings (SSSR count). The second-order valence-corrected chi connectivity index (χ2v) is 4.87. The Labute approximate surface area is 111 Å². The van der Waals surface area contributed by atoms with Crippen molar-refractivity contribution in [2.75, 3.05) is 7.05 Å². The van der Waals surface area contributed by atoms with Gasteiger partial charge in [-0.1, -0.05) is 17.8 Å². The molecule has 18 heavy (non-hydrogen) atoms. The summed E-state index contributed by atoms with van der Waals surface area (Å²) < 4.78 is 0. The molecule has 0 fully saturated rings. The minimum absolute atomic E-state index is 0.713. The molecule has 0 saturated heterocycles. The van der Waals surface area contributed by atoms with Crippen LogP contribution in [0.2, 0.25) is 0 Å². The van der Waals surface area contributed by atoms with Gasteiger partial charge in [0.25, 0.3) is 0 Å². The van der Waals surface area contributed by atoms with E-state index in [2.05, 4.69) is 16.4 Å². The van der Waals surface area contributed by atoms with Crippen molar-refractivity contribution in [1.82, 2.24) is 10.3 Å². The quantitative estimate of drug-likeness (QED) is 0.912. The van der Waals surface area contributed by atoms with E-state index in [0.29, 0.717) is 5.56 Å². The van der Waals surface area contributed by atoms with Crippen LogP contribution in [-0.4, -0.2) is 12.0 Å². The first-order valence-electron chi connectivity index (χ1n) is 5.59. The van der Waals surface area contributed by atoms with Crippen LogP contribution in [0.3, 0.4) is 0 Å². The van der Waals surface area contributed by atoms with Gasteiger partial charge in [0, 0.05) is 28.7 Å². The molecule has 1 aromatic carbocycles. The molecule has 0 amide bonds. The third-order valence-corrected chi connectivity index (χ3v) is 3.51. The number of rotatable bonds is 4. The van der Waals surface area contributed by atoms with E-state index >= 15 is 0 Å². The summed E-state index contributed by atoms with van der Waals surface area (Å²) in [4.78, 5) is 6.04. The molecule has 4 heteroatoms. The lowest BCUT2D eigenvalue weighted by Crippen LogP contribution is -2.05. The van der Waals surface area contributed by atoms with Gasteiger partial charge in [-0.05, 0) is 36.9 Å². The number of benzene rings is 1. The predicted molar refractivity (Wildman–Crippen MR) is 72.3 cm³/mol. The summed E-state index contributed by atoms with van der Waals surface area (Å²) in [7, 11) is 1.89. The van der Waals surface area contributed by atoms with E-state index in [1.165, 1.54) is 0 Å². The molecule has 0 unspecified atom stereocenters. The van der Waals surface area contributed by atoms with Gasteiger partial charge in [0.05, 0.1) is 5.56 Å². The highest BCUT2D eigenvalue weighted by molar-refractivity contribution is 7.99. The third kappa shape index (κ3) is 3.10. The molecule has 0 spiro atoms. The van der Waals surface area contributed by atoms with Crippen LogP contribution < -0.4 is 5.32 Å². The molecule has 1 heterocycles. The van der Waals surface area contributed by atoms with Crippen molar-refractivity contribution >= 4 is 11.8 Å². The zero-order valence-electron chi connectivity index (χ0n) is 10.1. The van der Waals surface area contributed by atoms with Crippen LogP contribution in [0.25, 0.3) is 0 Å². The normalized spacial score (nSPS) is 10.0. The maximum atomic E-state index is 9.19. The van der Waals surface area contributed by atoms with Crippen LogP contribution >= 0.6 is 11.8 Å². The standard InChI is InChI=1S/C14H13N3S/c1-16-10-11-2-3-14(12(8-11)9-15)18-13-4-6-17-7-5-13/h2-8,16H,10H2,1H3. The fraction of sp³-hybridized carbons (Fsp3) is 0.143. The average Bonchev–Trinajstić information content (AvgIpc) is 2.42. The lowest BCUT2D eigenvalue weighted by atomic mass is 10.1. The first kappa shape index (κ1) is 12.6. The van der Waals surface area contributed by atoms with Crippen molar-refractivity contribution in [2.45, 2.75) is 16.3 Å². The summed E-state index contributed by atoms with van der Waals surface area (Å²) in [6.45, 7) is 0.773. The van der Waals surface area contributed by atoms with Gasteiger partial charge in [-0.15, -0.1) is 0 Å². The molecule has 0 atom stereocenters. The first-order valence-corrected chi connectivity index (χ1v) is 6.40. The second-order valence-electron chi connectivity index (χ2n) is 3.76. The second kappa shape index (κ2) is 6.20. The summed E-state index contributed by atoms with van der Waals surface area (Å²) in [6.07, 6.45) is 3.51. The van der Waals surface area contributed by atoms with Crippen LogP contribution in [0.4, 0.5) is 0 Å². The molecule has 90 valence electrons. The Balaban J connectivity index is 2.26. The number of pyridine rings is 1. The maximum Gasteiger partial charge on any atom is 0.100 e. The van der Waals surface area contributed by atoms with Crippen molar-refractivity contribution in [3.05, 3.63) is 53.9 Å². The summed E-state index contributed by atoms with van der Waals surface area (Å²) >= 11 is 1.58. The van der Waals surface area contributed by atoms with E-state index in [1.54, 1.807) is 24.2 Å². The SMILES string of the molecule is CNCc1ccc(Sc2ccncc2)c(C#N)c1. The van der Waals surface area contributed by atoms with Gasteiger partial charge in [0.2, 0.25) is 0 Å². The largest absolute Gasteiger partial charge is 0.316 e. The smallest absolute Gasteiger partial charge is 0.100 e. The van der Waals surface area contributed by atoms with Crippen LogP contribution in [-0.2, 0) is 6.54 Å². The van der Waals surface area contributed by atoms with E-state index in [1.807, 2.05) is 37.4 Å². The van der Waals surface area contributed by atoms with Gasteiger partial charge in [-0.2, -0.15) is 5.26 Å². The van der Waals surface area contributed by atoms with Crippen LogP contribution in [0.15, 0.2) is 52.5 Å². The van der Waals surface area contributed by atoms with Crippen LogP contribution in [0.1, 0.15) is 11.1 Å². The number of hydrogen-bond acceptors (Lipinski definition) is 4. The minimum Gasteiger partial charge on any atom is -0.316 e. The van der Waals surface area contributed by atoms with Crippen LogP contribution in [0.5, 0.6) is 0 Å². The summed E-state index contributed by atoms with van der Waals surface area (Å²) in [5, 5.41) is 12.3. The van der Waals surface area contributed by atoms with E-state index in [9.17, 15) is 5.26 Å². The molecule has 0 aliphatic carbocycles. The zero-order valence-corrected chi connectivity index (χ0v) is 10.9. The lowest BCUT2D eigenvalue weighted by molar-refractivity contribution is 0.816. The highest BCUT2D eigenvalue weighted by Crippen LogP contribution is 2.30. The van der Waals surface area contributed by atoms with Crippen molar-refractivity contribution in [1.29, 1.82) is 5.26 Å². The Bertz CT molecular complexity index is 561. The zero-order chi connectivity index (χ0) is 12.8. The van der Waals surface area contributed by atoms with Gasteiger partial charge >= 0.3 is 0 Å². The van der Waals surface area contributed by atoms with Gasteiger partial charge < -0.3 is 5.32 Å². The van der Waals surface area contributed by atoms with Crippen molar-refractivity contribution in [2.24, 2.45) is 0 Å². The number of hydrogen-bond donors (Lipinski definition) is 1. The summed E-state index contributed by atoms with van der Waals surface area (Å²) in [5.74, 6) is 0. The number of nitrogens with zero attached hydrogens (tertiary/aromatic N) is 2. The van der Waals surface area contributed by atoms with E-state index < -0.39 is 0 Å². The monoisotopic (exact) mass is 255 g/mol. The molecule has 0 aliphatic rings. The molecule has 1 aromatic heterocycles. The Morgan fingerprint density at radius 2 is 2.06 bits per heavy atom. The average molecular weight is 255 g/mol. The van der Waals surface area contributed by atoms with E-state index in [0.717, 1.165) is 21.9 Å². The third-order valence-electron chi connectivity index (χ3n) is 2.42. The van der Waals surface area contributed by atoms with Crippen LogP contribution in [0, 0.1) is 11.3 Å². The Morgan fingerprint density at radius 1 is 1.28 bits per heavy atom. The number of nitriles is 1. The number of nitrogens with one attached hydrogen (secondary N) is 1. The fourth-order valence-corrected chi connectivity index (χ4v) is 2.46. The fourth-order valence-electron chi connectivity index (χ4n) is 1.60. The Hall–Kier alpha value is -1.83. The van der Waals surface area contributed by atoms with Crippen molar-refractivity contribution in [3.63, 3.8) is 0 Å². The van der Waals surface area contributed by atoms with Crippen molar-refractivity contribution < 1.29 is 0 Å². The Kier molecular flexibility index (Phi) is 4.35. The van der Waals surface area contributed by atoms with E-state index in [4.69, 9.17) is 0 Å². The van der Waals surface area contributed by atoms with E-state index in [-0.39, 0.29) is 0 Å². The van der Waals surface area contributed by atoms with Gasteiger partial charge in [-0.25, -0.2) is 0 Å². The topological polar surface area (TPSA) is 48.7 Å². The number of aromatic nitrogens is 1. The lowest BCUT2D eigenvalue weighted by Gasteiger charge is -2.06.